The van der Waals surface area contributed by atoms with Crippen LogP contribution in [0.15, 0.2) is 91.0 Å². The van der Waals surface area contributed by atoms with Crippen molar-refractivity contribution in [3.8, 4) is 11.5 Å². The molecular weight excluding hydrogens is 522 g/mol. The zero-order valence-corrected chi connectivity index (χ0v) is 22.6. The molecule has 0 radical (unpaired) electrons. The Hall–Kier alpha value is -4.92. The van der Waals surface area contributed by atoms with Gasteiger partial charge in [-0.15, -0.1) is 0 Å². The zero-order chi connectivity index (χ0) is 29.7. The second-order valence-electron chi connectivity index (χ2n) is 9.66. The van der Waals surface area contributed by atoms with Gasteiger partial charge in [-0.2, -0.15) is 0 Å². The van der Waals surface area contributed by atoms with Crippen LogP contribution in [0.2, 0.25) is 0 Å². The van der Waals surface area contributed by atoms with E-state index in [2.05, 4.69) is 5.32 Å². The van der Waals surface area contributed by atoms with Crippen LogP contribution in [0.25, 0.3) is 21.5 Å². The van der Waals surface area contributed by atoms with E-state index >= 15 is 0 Å². The Labute approximate surface area is 236 Å². The number of hydrogen-bond donors (Lipinski definition) is 6. The molecular formula is C33H31NO7. The first-order valence-corrected chi connectivity index (χ1v) is 13.0. The van der Waals surface area contributed by atoms with Gasteiger partial charge in [-0.05, 0) is 53.2 Å². The molecule has 0 aliphatic rings. The number of aromatic carboxylic acids is 2. The molecule has 0 saturated heterocycles. The SMILES string of the molecule is CNC(C)C(O)c1ccccc1.O=C(O)c1cc2ccccc2c(Cc2c(O)c(C(=O)O)cc3ccccc23)c1O. The quantitative estimate of drug-likeness (QED) is 0.150. The van der Waals surface area contributed by atoms with E-state index in [1.807, 2.05) is 44.3 Å². The summed E-state index contributed by atoms with van der Waals surface area (Å²) in [5.74, 6) is -3.36. The monoisotopic (exact) mass is 553 g/mol. The van der Waals surface area contributed by atoms with Crippen LogP contribution in [0.4, 0.5) is 0 Å². The van der Waals surface area contributed by atoms with E-state index in [9.17, 15) is 35.1 Å². The predicted octanol–water partition coefficient (Wildman–Crippen LogP) is 5.72. The Bertz CT molecular complexity index is 1620. The van der Waals surface area contributed by atoms with Gasteiger partial charge in [0.1, 0.15) is 22.6 Å². The van der Waals surface area contributed by atoms with E-state index in [1.54, 1.807) is 48.5 Å². The van der Waals surface area contributed by atoms with Gasteiger partial charge >= 0.3 is 11.9 Å². The van der Waals surface area contributed by atoms with Gasteiger partial charge in [0.2, 0.25) is 0 Å². The summed E-state index contributed by atoms with van der Waals surface area (Å²) in [5.41, 5.74) is 1.07. The number of aliphatic hydroxyl groups is 1. The largest absolute Gasteiger partial charge is 0.507 e. The minimum atomic E-state index is -1.28. The summed E-state index contributed by atoms with van der Waals surface area (Å²) in [6.07, 6.45) is -0.461. The fraction of sp³-hybridized carbons (Fsp3) is 0.152. The molecule has 0 bridgehead atoms. The highest BCUT2D eigenvalue weighted by atomic mass is 16.4. The molecule has 2 unspecified atom stereocenters. The lowest BCUT2D eigenvalue weighted by molar-refractivity contribution is 0.0682. The van der Waals surface area contributed by atoms with Crippen molar-refractivity contribution < 1.29 is 35.1 Å². The maximum absolute atomic E-state index is 11.6. The number of fused-ring (bicyclic) bond motifs is 2. The van der Waals surface area contributed by atoms with Gasteiger partial charge in [-0.3, -0.25) is 0 Å². The maximum Gasteiger partial charge on any atom is 0.339 e. The molecule has 2 atom stereocenters. The van der Waals surface area contributed by atoms with Crippen LogP contribution in [0.5, 0.6) is 11.5 Å². The molecule has 5 rings (SSSR count). The number of aromatic hydroxyl groups is 2. The van der Waals surface area contributed by atoms with Crippen molar-refractivity contribution in [3.05, 3.63) is 119 Å². The molecule has 0 aromatic heterocycles. The molecule has 0 aliphatic heterocycles. The number of rotatable bonds is 7. The van der Waals surface area contributed by atoms with E-state index in [4.69, 9.17) is 0 Å². The number of likely N-dealkylation sites (N-methyl/N-ethyl adjacent to an activating group) is 1. The summed E-state index contributed by atoms with van der Waals surface area (Å²) >= 11 is 0. The first kappa shape index (κ1) is 29.1. The van der Waals surface area contributed by atoms with Crippen molar-refractivity contribution in [2.45, 2.75) is 25.5 Å². The molecule has 6 N–H and O–H groups in total. The summed E-state index contributed by atoms with van der Waals surface area (Å²) < 4.78 is 0. The molecule has 0 fully saturated rings. The second-order valence-corrected chi connectivity index (χ2v) is 9.66. The van der Waals surface area contributed by atoms with Crippen LogP contribution in [-0.2, 0) is 6.42 Å². The van der Waals surface area contributed by atoms with Crippen LogP contribution in [-0.4, -0.2) is 50.6 Å². The van der Waals surface area contributed by atoms with E-state index in [0.29, 0.717) is 32.7 Å². The van der Waals surface area contributed by atoms with Crippen molar-refractivity contribution in [2.24, 2.45) is 0 Å². The number of carboxylic acids is 2. The molecule has 210 valence electrons. The smallest absolute Gasteiger partial charge is 0.339 e. The van der Waals surface area contributed by atoms with Crippen molar-refractivity contribution >= 4 is 33.5 Å². The average Bonchev–Trinajstić information content (AvgIpc) is 2.98. The molecule has 5 aromatic rings. The van der Waals surface area contributed by atoms with Crippen molar-refractivity contribution in [2.75, 3.05) is 7.05 Å². The van der Waals surface area contributed by atoms with Crippen molar-refractivity contribution in [1.82, 2.24) is 5.32 Å². The number of carboxylic acid groups (broad SMARTS) is 2. The normalized spacial score (nSPS) is 12.4. The lowest BCUT2D eigenvalue weighted by Crippen LogP contribution is -2.28. The van der Waals surface area contributed by atoms with Crippen molar-refractivity contribution in [1.29, 1.82) is 0 Å². The van der Waals surface area contributed by atoms with E-state index < -0.39 is 29.5 Å². The summed E-state index contributed by atoms with van der Waals surface area (Å²) in [4.78, 5) is 23.2. The summed E-state index contributed by atoms with van der Waals surface area (Å²) in [6, 6.07) is 26.5. The summed E-state index contributed by atoms with van der Waals surface area (Å²) in [6.45, 7) is 1.96. The molecule has 5 aromatic carbocycles. The molecule has 0 saturated carbocycles. The van der Waals surface area contributed by atoms with Gasteiger partial charge in [0.25, 0.3) is 0 Å². The van der Waals surface area contributed by atoms with Gasteiger partial charge < -0.3 is 30.8 Å². The van der Waals surface area contributed by atoms with Gasteiger partial charge in [0.15, 0.2) is 0 Å². The minimum Gasteiger partial charge on any atom is -0.507 e. The van der Waals surface area contributed by atoms with Crippen LogP contribution in [0.1, 0.15) is 50.4 Å². The third-order valence-corrected chi connectivity index (χ3v) is 7.14. The highest BCUT2D eigenvalue weighted by molar-refractivity contribution is 6.02. The Morgan fingerprint density at radius 3 is 1.54 bits per heavy atom. The molecule has 0 amide bonds. The second kappa shape index (κ2) is 12.5. The highest BCUT2D eigenvalue weighted by Gasteiger charge is 2.22. The minimum absolute atomic E-state index is 0.0407. The van der Waals surface area contributed by atoms with Crippen molar-refractivity contribution in [3.63, 3.8) is 0 Å². The van der Waals surface area contributed by atoms with Gasteiger partial charge in [-0.25, -0.2) is 9.59 Å². The highest BCUT2D eigenvalue weighted by Crippen LogP contribution is 2.38. The van der Waals surface area contributed by atoms with E-state index in [-0.39, 0.29) is 23.6 Å². The number of benzene rings is 5. The lowest BCUT2D eigenvalue weighted by Gasteiger charge is -2.17. The van der Waals surface area contributed by atoms with Gasteiger partial charge in [0, 0.05) is 23.6 Å². The molecule has 0 aliphatic carbocycles. The fourth-order valence-corrected chi connectivity index (χ4v) is 4.78. The van der Waals surface area contributed by atoms with E-state index in [1.165, 1.54) is 12.1 Å². The van der Waals surface area contributed by atoms with Crippen LogP contribution in [0.3, 0.4) is 0 Å². The fourth-order valence-electron chi connectivity index (χ4n) is 4.78. The Morgan fingerprint density at radius 2 is 1.12 bits per heavy atom. The molecule has 8 heteroatoms. The van der Waals surface area contributed by atoms with Crippen LogP contribution >= 0.6 is 0 Å². The molecule has 0 spiro atoms. The number of carbonyl (C=O) groups is 2. The first-order chi connectivity index (χ1) is 19.6. The topological polar surface area (TPSA) is 147 Å². The Balaban J connectivity index is 0.000000271. The number of phenols is 2. The van der Waals surface area contributed by atoms with Gasteiger partial charge in [-0.1, -0.05) is 78.9 Å². The predicted molar refractivity (Wildman–Crippen MR) is 158 cm³/mol. The van der Waals surface area contributed by atoms with Crippen LogP contribution in [0, 0.1) is 0 Å². The number of nitrogens with one attached hydrogen (secondary N) is 1. The molecule has 0 heterocycles. The Kier molecular flexibility index (Phi) is 8.87. The maximum atomic E-state index is 11.6. The standard InChI is InChI=1S/C23H16O6.C10H15NO/c24-20-16(14-7-3-1-5-12(14)9-18(20)22(26)27)11-17-15-8-4-2-6-13(15)10-19(21(17)25)23(28)29;1-8(11-2)10(12)9-6-4-3-5-7-9/h1-10,24-25H,11H2,(H,26,27)(H,28,29);3-8,10-12H,1-2H3. The lowest BCUT2D eigenvalue weighted by atomic mass is 9.90. The zero-order valence-electron chi connectivity index (χ0n) is 22.6. The number of hydrogen-bond acceptors (Lipinski definition) is 6. The number of aliphatic hydroxyl groups excluding tert-OH is 1. The summed E-state index contributed by atoms with van der Waals surface area (Å²) in [5, 5.41) is 55.5. The third kappa shape index (κ3) is 6.14. The van der Waals surface area contributed by atoms with Crippen LogP contribution < -0.4 is 5.32 Å². The average molecular weight is 554 g/mol. The third-order valence-electron chi connectivity index (χ3n) is 7.14. The van der Waals surface area contributed by atoms with Gasteiger partial charge in [0.05, 0.1) is 6.10 Å². The molecule has 41 heavy (non-hydrogen) atoms. The summed E-state index contributed by atoms with van der Waals surface area (Å²) in [7, 11) is 1.84. The Morgan fingerprint density at radius 1 is 0.707 bits per heavy atom. The first-order valence-electron chi connectivity index (χ1n) is 13.0. The van der Waals surface area contributed by atoms with E-state index in [0.717, 1.165) is 5.56 Å². The molecule has 8 nitrogen and oxygen atoms in total.